The van der Waals surface area contributed by atoms with E-state index in [0.29, 0.717) is 19.6 Å². The topological polar surface area (TPSA) is 85.7 Å². The molecule has 0 saturated carbocycles. The van der Waals surface area contributed by atoms with Crippen LogP contribution < -0.4 is 10.1 Å². The number of ether oxygens (including phenoxy) is 2. The van der Waals surface area contributed by atoms with E-state index in [1.165, 1.54) is 11.1 Å². The Hall–Kier alpha value is -5.89. The molecule has 0 aliphatic heterocycles. The quantitative estimate of drug-likeness (QED) is 0.123. The standard InChI is InChI=1S/C45H46N4O4/c1-4-31(2)43(47-44(50)24-35-25-46-30-49(35)26-32-20-22-36(52-3)23-21-32)28-48(27-34-14-11-13-33-12-5-6-15-37(33)34)45(51)53-29-42-40-18-9-7-16-38(40)39-17-8-10-19-41(39)42/h5-23,25,30-31,42-43H,4,24,26-29H2,1-3H3,(H,47,50)/t31-,43+/m0/s1. The highest BCUT2D eigenvalue weighted by Crippen LogP contribution is 2.44. The lowest BCUT2D eigenvalue weighted by Gasteiger charge is -2.31. The Morgan fingerprint density at radius 1 is 0.868 bits per heavy atom. The van der Waals surface area contributed by atoms with Gasteiger partial charge in [0.15, 0.2) is 0 Å². The molecule has 1 aliphatic carbocycles. The monoisotopic (exact) mass is 706 g/mol. The first-order valence-electron chi connectivity index (χ1n) is 18.4. The highest BCUT2D eigenvalue weighted by Gasteiger charge is 2.31. The Labute approximate surface area is 311 Å². The largest absolute Gasteiger partial charge is 0.497 e. The van der Waals surface area contributed by atoms with Gasteiger partial charge in [-0.1, -0.05) is 123 Å². The second kappa shape index (κ2) is 16.2. The minimum atomic E-state index is -0.403. The number of amides is 2. The zero-order chi connectivity index (χ0) is 36.7. The molecule has 2 amide bonds. The van der Waals surface area contributed by atoms with Gasteiger partial charge in [-0.15, -0.1) is 0 Å². The fourth-order valence-electron chi connectivity index (χ4n) is 7.40. The Morgan fingerprint density at radius 2 is 1.55 bits per heavy atom. The molecular weight excluding hydrogens is 661 g/mol. The number of carbonyl (C=O) groups is 2. The summed E-state index contributed by atoms with van der Waals surface area (Å²) in [5.41, 5.74) is 7.60. The molecule has 0 spiro atoms. The van der Waals surface area contributed by atoms with Gasteiger partial charge < -0.3 is 24.3 Å². The van der Waals surface area contributed by atoms with Gasteiger partial charge >= 0.3 is 6.09 Å². The van der Waals surface area contributed by atoms with Gasteiger partial charge in [0.05, 0.1) is 19.9 Å². The Balaban J connectivity index is 1.10. The molecule has 270 valence electrons. The lowest BCUT2D eigenvalue weighted by atomic mass is 9.97. The summed E-state index contributed by atoms with van der Waals surface area (Å²) >= 11 is 0. The van der Waals surface area contributed by atoms with Crippen molar-refractivity contribution in [3.8, 4) is 16.9 Å². The predicted molar refractivity (Wildman–Crippen MR) is 209 cm³/mol. The zero-order valence-electron chi connectivity index (χ0n) is 30.6. The molecular formula is C45H46N4O4. The SMILES string of the molecule is CC[C@H](C)[C@@H](CN(Cc1cccc2ccccc12)C(=O)OCC1c2ccccc2-c2ccccc21)NC(=O)Cc1cncn1Cc1ccc(OC)cc1. The number of nitrogens with zero attached hydrogens (tertiary/aromatic N) is 3. The first-order chi connectivity index (χ1) is 25.9. The van der Waals surface area contributed by atoms with E-state index in [9.17, 15) is 9.59 Å². The number of aromatic nitrogens is 2. The lowest BCUT2D eigenvalue weighted by Crippen LogP contribution is -2.49. The maximum Gasteiger partial charge on any atom is 0.410 e. The fraction of sp³-hybridized carbons (Fsp3) is 0.267. The summed E-state index contributed by atoms with van der Waals surface area (Å²) in [4.78, 5) is 34.1. The minimum absolute atomic E-state index is 0.0569. The first kappa shape index (κ1) is 35.5. The van der Waals surface area contributed by atoms with Crippen LogP contribution in [-0.2, 0) is 29.0 Å². The van der Waals surface area contributed by atoms with Gasteiger partial charge in [0, 0.05) is 43.5 Å². The van der Waals surface area contributed by atoms with E-state index in [1.54, 1.807) is 24.5 Å². The van der Waals surface area contributed by atoms with Crippen LogP contribution in [0.3, 0.4) is 0 Å². The van der Waals surface area contributed by atoms with Gasteiger partial charge in [0.2, 0.25) is 5.91 Å². The highest BCUT2D eigenvalue weighted by atomic mass is 16.6. The van der Waals surface area contributed by atoms with Crippen LogP contribution in [-0.4, -0.2) is 52.8 Å². The van der Waals surface area contributed by atoms with Gasteiger partial charge in [-0.05, 0) is 62.2 Å². The number of hydrogen-bond donors (Lipinski definition) is 1. The first-order valence-corrected chi connectivity index (χ1v) is 18.4. The summed E-state index contributed by atoms with van der Waals surface area (Å²) in [5.74, 6) is 0.713. The van der Waals surface area contributed by atoms with Crippen LogP contribution in [0.4, 0.5) is 4.79 Å². The zero-order valence-corrected chi connectivity index (χ0v) is 30.6. The molecule has 1 N–H and O–H groups in total. The Bertz CT molecular complexity index is 2140. The van der Waals surface area contributed by atoms with E-state index in [1.807, 2.05) is 71.3 Å². The molecule has 2 atom stereocenters. The number of methoxy groups -OCH3 is 1. The van der Waals surface area contributed by atoms with Crippen molar-refractivity contribution in [2.45, 2.75) is 51.7 Å². The van der Waals surface area contributed by atoms with E-state index >= 15 is 0 Å². The van der Waals surface area contributed by atoms with E-state index in [-0.39, 0.29) is 36.8 Å². The molecule has 8 heteroatoms. The van der Waals surface area contributed by atoms with Crippen LogP contribution in [0.25, 0.3) is 21.9 Å². The third kappa shape index (κ3) is 7.97. The van der Waals surface area contributed by atoms with E-state index in [0.717, 1.165) is 50.9 Å². The van der Waals surface area contributed by atoms with Gasteiger partial charge in [0.25, 0.3) is 0 Å². The number of benzene rings is 5. The van der Waals surface area contributed by atoms with Crippen molar-refractivity contribution in [1.29, 1.82) is 0 Å². The smallest absolute Gasteiger partial charge is 0.410 e. The van der Waals surface area contributed by atoms with Gasteiger partial charge in [-0.25, -0.2) is 9.78 Å². The number of fused-ring (bicyclic) bond motifs is 4. The Kier molecular flexibility index (Phi) is 10.9. The summed E-state index contributed by atoms with van der Waals surface area (Å²) in [7, 11) is 1.65. The average molecular weight is 707 g/mol. The second-order valence-corrected chi connectivity index (χ2v) is 13.9. The third-order valence-corrected chi connectivity index (χ3v) is 10.6. The van der Waals surface area contributed by atoms with E-state index < -0.39 is 6.09 Å². The average Bonchev–Trinajstić information content (AvgIpc) is 3.77. The summed E-state index contributed by atoms with van der Waals surface area (Å²) in [6.45, 7) is 5.67. The summed E-state index contributed by atoms with van der Waals surface area (Å²) in [5, 5.41) is 5.49. The minimum Gasteiger partial charge on any atom is -0.497 e. The number of imidazole rings is 1. The van der Waals surface area contributed by atoms with E-state index in [2.05, 4.69) is 72.7 Å². The number of nitrogens with one attached hydrogen (secondary N) is 1. The molecule has 1 aliphatic rings. The molecule has 0 bridgehead atoms. The molecule has 1 heterocycles. The van der Waals surface area contributed by atoms with Crippen LogP contribution in [0.1, 0.15) is 54.1 Å². The van der Waals surface area contributed by atoms with Crippen LogP contribution in [0, 0.1) is 5.92 Å². The van der Waals surface area contributed by atoms with Crippen molar-refractivity contribution >= 4 is 22.8 Å². The van der Waals surface area contributed by atoms with Crippen LogP contribution in [0.2, 0.25) is 0 Å². The van der Waals surface area contributed by atoms with Crippen molar-refractivity contribution < 1.29 is 19.1 Å². The molecule has 0 saturated heterocycles. The van der Waals surface area contributed by atoms with Crippen LogP contribution in [0.5, 0.6) is 5.75 Å². The molecule has 0 unspecified atom stereocenters. The predicted octanol–water partition coefficient (Wildman–Crippen LogP) is 8.62. The summed E-state index contributed by atoms with van der Waals surface area (Å²) < 4.78 is 13.5. The Morgan fingerprint density at radius 3 is 2.26 bits per heavy atom. The maximum atomic E-state index is 14.3. The maximum absolute atomic E-state index is 14.3. The van der Waals surface area contributed by atoms with Crippen molar-refractivity contribution in [2.75, 3.05) is 20.3 Å². The van der Waals surface area contributed by atoms with E-state index in [4.69, 9.17) is 9.47 Å². The van der Waals surface area contributed by atoms with Crippen LogP contribution >= 0.6 is 0 Å². The second-order valence-electron chi connectivity index (χ2n) is 13.9. The normalized spacial score (nSPS) is 13.2. The lowest BCUT2D eigenvalue weighted by molar-refractivity contribution is -0.121. The van der Waals surface area contributed by atoms with Crippen molar-refractivity contribution in [1.82, 2.24) is 19.8 Å². The van der Waals surface area contributed by atoms with Crippen molar-refractivity contribution in [3.63, 3.8) is 0 Å². The summed E-state index contributed by atoms with van der Waals surface area (Å²) in [6, 6.07) is 38.6. The number of hydrogen-bond acceptors (Lipinski definition) is 5. The fourth-order valence-corrected chi connectivity index (χ4v) is 7.40. The van der Waals surface area contributed by atoms with Crippen LogP contribution in [0.15, 0.2) is 128 Å². The van der Waals surface area contributed by atoms with Crippen molar-refractivity contribution in [3.05, 3.63) is 156 Å². The van der Waals surface area contributed by atoms with Crippen molar-refractivity contribution in [2.24, 2.45) is 5.92 Å². The van der Waals surface area contributed by atoms with Gasteiger partial charge in [-0.3, -0.25) is 4.79 Å². The molecule has 0 fully saturated rings. The molecule has 53 heavy (non-hydrogen) atoms. The number of rotatable bonds is 14. The third-order valence-electron chi connectivity index (χ3n) is 10.6. The van der Waals surface area contributed by atoms with Gasteiger partial charge in [-0.2, -0.15) is 0 Å². The molecule has 5 aromatic carbocycles. The van der Waals surface area contributed by atoms with Gasteiger partial charge in [0.1, 0.15) is 12.4 Å². The highest BCUT2D eigenvalue weighted by molar-refractivity contribution is 5.86. The molecule has 6 aromatic rings. The number of carbonyl (C=O) groups excluding carboxylic acids is 2. The molecule has 7 rings (SSSR count). The molecule has 0 radical (unpaired) electrons. The molecule has 1 aromatic heterocycles. The molecule has 8 nitrogen and oxygen atoms in total. The summed E-state index contributed by atoms with van der Waals surface area (Å²) in [6.07, 6.45) is 4.08.